The predicted molar refractivity (Wildman–Crippen MR) is 303 cm³/mol. The van der Waals surface area contributed by atoms with E-state index in [2.05, 4.69) is 157 Å². The lowest BCUT2D eigenvalue weighted by molar-refractivity contribution is 0.669. The van der Waals surface area contributed by atoms with Gasteiger partial charge in [-0.25, -0.2) is 0 Å². The van der Waals surface area contributed by atoms with Crippen LogP contribution < -0.4 is 9.80 Å². The summed E-state index contributed by atoms with van der Waals surface area (Å²) in [7, 11) is 0. The van der Waals surface area contributed by atoms with Crippen molar-refractivity contribution in [3.63, 3.8) is 0 Å². The number of furan rings is 1. The highest BCUT2D eigenvalue weighted by atomic mass is 32.2. The molecule has 5 heteroatoms. The van der Waals surface area contributed by atoms with E-state index in [9.17, 15) is 5.48 Å². The molecule has 72 heavy (non-hydrogen) atoms. The quantitative estimate of drug-likeness (QED) is 0.158. The zero-order valence-electron chi connectivity index (χ0n) is 48.1. The summed E-state index contributed by atoms with van der Waals surface area (Å²) in [5.74, 6) is 0. The van der Waals surface area contributed by atoms with Gasteiger partial charge in [0.25, 0.3) is 0 Å². The summed E-state index contributed by atoms with van der Waals surface area (Å²) in [6.07, 6.45) is 0. The van der Waals surface area contributed by atoms with Gasteiger partial charge in [0.1, 0.15) is 5.58 Å². The first-order valence-corrected chi connectivity index (χ1v) is 25.3. The SMILES string of the molecule is [2H]c1c([2H])c([2H])c(N(c2c([2H])c([2H])c([2H])c([2H])c2[2H])c2cccc3oc4c(N(c5cc(-c6ccccc6)c6c(c5)C5(c7ccccc7S6)c6ccccc6-c6ccccc65)c5cccc6sc7ccccc7c56)cccc4c23)c([2H])c1[2H]. The average molecular weight is 965 g/mol. The van der Waals surface area contributed by atoms with Gasteiger partial charge in [-0.15, -0.1) is 11.3 Å². The highest BCUT2D eigenvalue weighted by molar-refractivity contribution is 7.99. The third-order valence-corrected chi connectivity index (χ3v) is 16.6. The van der Waals surface area contributed by atoms with Crippen molar-refractivity contribution in [3.05, 3.63) is 277 Å². The molecule has 2 aromatic heterocycles. The van der Waals surface area contributed by atoms with Crippen LogP contribution >= 0.6 is 23.1 Å². The molecule has 338 valence electrons. The van der Waals surface area contributed by atoms with Crippen LogP contribution in [-0.4, -0.2) is 0 Å². The molecule has 0 bridgehead atoms. The summed E-state index contributed by atoms with van der Waals surface area (Å²) >= 11 is 3.51. The molecule has 13 aromatic rings. The van der Waals surface area contributed by atoms with E-state index >= 15 is 0 Å². The van der Waals surface area contributed by atoms with Gasteiger partial charge in [-0.05, 0) is 123 Å². The highest BCUT2D eigenvalue weighted by Crippen LogP contribution is 2.64. The van der Waals surface area contributed by atoms with Crippen molar-refractivity contribution in [1.29, 1.82) is 0 Å². The van der Waals surface area contributed by atoms with E-state index in [1.807, 2.05) is 24.3 Å². The van der Waals surface area contributed by atoms with Crippen molar-refractivity contribution in [2.75, 3.05) is 9.80 Å². The van der Waals surface area contributed by atoms with Gasteiger partial charge in [0.05, 0.1) is 41.6 Å². The van der Waals surface area contributed by atoms with E-state index < -0.39 is 77.2 Å². The maximum Gasteiger partial charge on any atom is 0.159 e. The molecule has 0 amide bonds. The third-order valence-electron chi connectivity index (χ3n) is 14.3. The van der Waals surface area contributed by atoms with E-state index in [0.717, 1.165) is 53.1 Å². The molecule has 1 spiro atoms. The van der Waals surface area contributed by atoms with Gasteiger partial charge in [-0.1, -0.05) is 188 Å². The Kier molecular flexibility index (Phi) is 7.28. The number of para-hydroxylation sites is 3. The summed E-state index contributed by atoms with van der Waals surface area (Å²) in [6, 6.07) is 60.9. The summed E-state index contributed by atoms with van der Waals surface area (Å²) in [5, 5.41) is 3.09. The minimum absolute atomic E-state index is 0.166. The lowest BCUT2D eigenvalue weighted by Gasteiger charge is -2.41. The number of fused-ring (bicyclic) bond motifs is 15. The molecule has 3 nitrogen and oxygen atoms in total. The number of rotatable bonds is 7. The molecule has 1 aliphatic carbocycles. The zero-order chi connectivity index (χ0) is 56.0. The lowest BCUT2D eigenvalue weighted by atomic mass is 9.66. The van der Waals surface area contributed by atoms with Gasteiger partial charge in [-0.2, -0.15) is 0 Å². The van der Waals surface area contributed by atoms with Crippen LogP contribution in [0.4, 0.5) is 34.1 Å². The van der Waals surface area contributed by atoms with Gasteiger partial charge >= 0.3 is 0 Å². The topological polar surface area (TPSA) is 19.6 Å². The number of nitrogens with zero attached hydrogens (tertiary/aromatic N) is 2. The van der Waals surface area contributed by atoms with E-state index in [0.29, 0.717) is 27.6 Å². The van der Waals surface area contributed by atoms with Crippen LogP contribution in [-0.2, 0) is 5.41 Å². The molecule has 15 rings (SSSR count). The first-order chi connectivity index (χ1) is 39.9. The van der Waals surface area contributed by atoms with E-state index in [1.165, 1.54) is 37.6 Å². The Bertz CT molecular complexity index is 4730. The molecular weight excluding hydrogens is 913 g/mol. The number of thiophene rings is 1. The number of hydrogen-bond acceptors (Lipinski definition) is 5. The molecule has 0 radical (unpaired) electrons. The average Bonchev–Trinajstić information content (AvgIpc) is 1.78. The van der Waals surface area contributed by atoms with Crippen molar-refractivity contribution in [2.24, 2.45) is 0 Å². The maximum atomic E-state index is 9.31. The Morgan fingerprint density at radius 2 is 1.00 bits per heavy atom. The summed E-state index contributed by atoms with van der Waals surface area (Å²) < 4.78 is 98.9. The van der Waals surface area contributed by atoms with Crippen molar-refractivity contribution in [2.45, 2.75) is 15.2 Å². The Morgan fingerprint density at radius 1 is 0.417 bits per heavy atom. The smallest absolute Gasteiger partial charge is 0.159 e. The van der Waals surface area contributed by atoms with Gasteiger partial charge in [-0.3, -0.25) is 0 Å². The van der Waals surface area contributed by atoms with Gasteiger partial charge in [0, 0.05) is 52.4 Å². The lowest BCUT2D eigenvalue weighted by Crippen LogP contribution is -2.32. The Labute approximate surface area is 439 Å². The van der Waals surface area contributed by atoms with Gasteiger partial charge < -0.3 is 14.2 Å². The minimum Gasteiger partial charge on any atom is -0.454 e. The molecule has 1 aliphatic heterocycles. The molecule has 0 N–H and O–H groups in total. The number of anilines is 6. The Balaban J connectivity index is 1.08. The van der Waals surface area contributed by atoms with Crippen LogP contribution in [0.25, 0.3) is 64.4 Å². The summed E-state index contributed by atoms with van der Waals surface area (Å²) in [6.45, 7) is 0. The standard InChI is InChI=1S/C67H42N2OS2/c1-4-21-43(22-5-1)51-41-46(42-55-66(51)72-61-39-17-15-33-54(61)67(55)52-31-13-10-27-47(52)48-28-11-14-32-53(48)67)69(57-35-20-40-62-64(57)49-29-12-16-38-60(49)71-62)58-36-18-30-50-63-56(34-19-37-59(63)70-65(50)58)68(44-23-6-2-7-24-44)45-25-8-3-9-26-45/h1-42H/i2D,3D,6D,7D,8D,9D,23D,24D,25D,26D. The molecule has 2 aliphatic rings. The van der Waals surface area contributed by atoms with Gasteiger partial charge in [0.15, 0.2) is 5.58 Å². The normalized spacial score (nSPS) is 15.0. The van der Waals surface area contributed by atoms with Crippen molar-refractivity contribution in [3.8, 4) is 22.3 Å². The summed E-state index contributed by atoms with van der Waals surface area (Å²) in [5.41, 5.74) is 10.9. The van der Waals surface area contributed by atoms with Crippen molar-refractivity contribution >= 4 is 99.3 Å². The molecule has 0 fully saturated rings. The predicted octanol–water partition coefficient (Wildman–Crippen LogP) is 19.4. The third kappa shape index (κ3) is 5.99. The Morgan fingerprint density at radius 3 is 1.75 bits per heavy atom. The van der Waals surface area contributed by atoms with Crippen LogP contribution in [0.2, 0.25) is 0 Å². The zero-order valence-corrected chi connectivity index (χ0v) is 39.7. The molecule has 11 aromatic carbocycles. The molecule has 0 unspecified atom stereocenters. The van der Waals surface area contributed by atoms with Crippen LogP contribution in [0, 0.1) is 0 Å². The van der Waals surface area contributed by atoms with Crippen LogP contribution in [0.15, 0.2) is 269 Å². The molecule has 0 atom stereocenters. The number of benzene rings is 11. The molecule has 0 saturated heterocycles. The summed E-state index contributed by atoms with van der Waals surface area (Å²) in [4.78, 5) is 5.79. The number of hydrogen-bond donors (Lipinski definition) is 0. The maximum absolute atomic E-state index is 9.31. The van der Waals surface area contributed by atoms with Crippen LogP contribution in [0.1, 0.15) is 36.0 Å². The van der Waals surface area contributed by atoms with E-state index in [1.54, 1.807) is 41.3 Å². The van der Waals surface area contributed by atoms with Crippen molar-refractivity contribution in [1.82, 2.24) is 0 Å². The second kappa shape index (κ2) is 16.2. The molecule has 3 heterocycles. The molecular formula is C67H42N2OS2. The largest absolute Gasteiger partial charge is 0.454 e. The van der Waals surface area contributed by atoms with E-state index in [4.69, 9.17) is 12.6 Å². The van der Waals surface area contributed by atoms with Crippen LogP contribution in [0.5, 0.6) is 0 Å². The molecule has 0 saturated carbocycles. The fourth-order valence-electron chi connectivity index (χ4n) is 11.5. The van der Waals surface area contributed by atoms with Crippen LogP contribution in [0.3, 0.4) is 0 Å². The fraction of sp³-hybridized carbons (Fsp3) is 0.0149. The van der Waals surface area contributed by atoms with E-state index in [-0.39, 0.29) is 5.69 Å². The highest BCUT2D eigenvalue weighted by Gasteiger charge is 2.51. The first kappa shape index (κ1) is 32.3. The second-order valence-electron chi connectivity index (χ2n) is 17.9. The second-order valence-corrected chi connectivity index (χ2v) is 20.1. The van der Waals surface area contributed by atoms with Gasteiger partial charge in [0.2, 0.25) is 0 Å². The monoisotopic (exact) mass is 964 g/mol. The first-order valence-electron chi connectivity index (χ1n) is 28.7. The van der Waals surface area contributed by atoms with Crippen molar-refractivity contribution < 1.29 is 18.1 Å². The fourth-order valence-corrected chi connectivity index (χ4v) is 13.9. The minimum atomic E-state index is -0.757. The Hall–Kier alpha value is -8.61.